The van der Waals surface area contributed by atoms with Gasteiger partial charge in [0.05, 0.1) is 7.11 Å². The van der Waals surface area contributed by atoms with Crippen molar-refractivity contribution in [3.63, 3.8) is 0 Å². The van der Waals surface area contributed by atoms with Crippen LogP contribution in [0, 0.1) is 0 Å². The van der Waals surface area contributed by atoms with Gasteiger partial charge in [-0.15, -0.1) is 0 Å². The van der Waals surface area contributed by atoms with E-state index in [2.05, 4.69) is 5.32 Å². The maximum absolute atomic E-state index is 12.1. The number of nitrogens with one attached hydrogen (secondary N) is 1. The first kappa shape index (κ1) is 18.0. The Hall–Kier alpha value is -1.36. The fourth-order valence-electron chi connectivity index (χ4n) is 2.94. The van der Waals surface area contributed by atoms with Crippen LogP contribution in [0.3, 0.4) is 0 Å². The second-order valence-electron chi connectivity index (χ2n) is 6.14. The molecule has 0 spiro atoms. The number of benzene rings is 1. The quantitative estimate of drug-likeness (QED) is 0.779. The van der Waals surface area contributed by atoms with Crippen LogP contribution in [0.4, 0.5) is 0 Å². The summed E-state index contributed by atoms with van der Waals surface area (Å²) in [5.74, 6) is 1.39. The lowest BCUT2D eigenvalue weighted by Gasteiger charge is -2.16. The highest BCUT2D eigenvalue weighted by molar-refractivity contribution is 7.85. The van der Waals surface area contributed by atoms with Gasteiger partial charge in [0.15, 0.2) is 0 Å². The number of hydrogen-bond acceptors (Lipinski definition) is 3. The smallest absolute Gasteiger partial charge is 0.232 e. The maximum atomic E-state index is 12.1. The zero-order valence-electron chi connectivity index (χ0n) is 13.9. The first-order chi connectivity index (χ1) is 11.2. The number of methoxy groups -OCH3 is 1. The Balaban J connectivity index is 1.69. The summed E-state index contributed by atoms with van der Waals surface area (Å²) in [5, 5.41) is 3.05. The van der Waals surface area contributed by atoms with Gasteiger partial charge in [-0.1, -0.05) is 37.8 Å². The van der Waals surface area contributed by atoms with Crippen LogP contribution in [-0.4, -0.2) is 34.8 Å². The topological polar surface area (TPSA) is 55.4 Å². The van der Waals surface area contributed by atoms with E-state index in [1.54, 1.807) is 7.11 Å². The fourth-order valence-corrected chi connectivity index (χ4v) is 3.92. The molecular weight excluding hydrogens is 310 g/mol. The van der Waals surface area contributed by atoms with Crippen LogP contribution in [0.2, 0.25) is 0 Å². The number of carbonyl (C=O) groups is 1. The highest BCUT2D eigenvalue weighted by Gasteiger charge is 2.16. The minimum absolute atomic E-state index is 0.0648. The Morgan fingerprint density at radius 2 is 1.83 bits per heavy atom. The molecule has 128 valence electrons. The van der Waals surface area contributed by atoms with E-state index >= 15 is 0 Å². The van der Waals surface area contributed by atoms with E-state index in [0.29, 0.717) is 12.2 Å². The molecular formula is C18H27NO3S. The molecule has 1 aliphatic carbocycles. The monoisotopic (exact) mass is 337 g/mol. The summed E-state index contributed by atoms with van der Waals surface area (Å²) in [4.78, 5) is 12.0. The molecule has 1 aliphatic rings. The lowest BCUT2D eigenvalue weighted by molar-refractivity contribution is -0.119. The van der Waals surface area contributed by atoms with Crippen molar-refractivity contribution >= 4 is 16.7 Å². The van der Waals surface area contributed by atoms with Gasteiger partial charge >= 0.3 is 0 Å². The third-order valence-corrected chi connectivity index (χ3v) is 5.53. The minimum Gasteiger partial charge on any atom is -0.497 e. The molecule has 0 saturated heterocycles. The Bertz CT molecular complexity index is 508. The number of rotatable bonds is 7. The van der Waals surface area contributed by atoms with E-state index < -0.39 is 10.8 Å². The van der Waals surface area contributed by atoms with E-state index in [1.165, 1.54) is 25.7 Å². The van der Waals surface area contributed by atoms with Crippen LogP contribution < -0.4 is 10.1 Å². The van der Waals surface area contributed by atoms with Gasteiger partial charge in [-0.3, -0.25) is 9.00 Å². The first-order valence-corrected chi connectivity index (χ1v) is 9.93. The van der Waals surface area contributed by atoms with Gasteiger partial charge < -0.3 is 10.1 Å². The molecule has 0 unspecified atom stereocenters. The summed E-state index contributed by atoms with van der Waals surface area (Å²) in [5.41, 5.74) is 1.11. The molecule has 1 aromatic carbocycles. The van der Waals surface area contributed by atoms with E-state index in [-0.39, 0.29) is 17.7 Å². The number of aryl methyl sites for hydroxylation is 1. The number of ether oxygens (including phenoxy) is 1. The summed E-state index contributed by atoms with van der Waals surface area (Å²) in [7, 11) is 0.526. The van der Waals surface area contributed by atoms with Crippen molar-refractivity contribution < 1.29 is 13.7 Å². The van der Waals surface area contributed by atoms with E-state index in [0.717, 1.165) is 24.2 Å². The molecule has 23 heavy (non-hydrogen) atoms. The fraction of sp³-hybridized carbons (Fsp3) is 0.611. The predicted molar refractivity (Wildman–Crippen MR) is 94.2 cm³/mol. The molecule has 1 atom stereocenters. The van der Waals surface area contributed by atoms with Crippen LogP contribution in [0.5, 0.6) is 5.75 Å². The van der Waals surface area contributed by atoms with E-state index in [4.69, 9.17) is 4.74 Å². The zero-order chi connectivity index (χ0) is 16.5. The Kier molecular flexibility index (Phi) is 7.59. The average molecular weight is 337 g/mol. The van der Waals surface area contributed by atoms with Crippen molar-refractivity contribution in [1.29, 1.82) is 0 Å². The number of hydrogen-bond donors (Lipinski definition) is 1. The lowest BCUT2D eigenvalue weighted by atomic mass is 10.1. The van der Waals surface area contributed by atoms with Crippen LogP contribution in [0.15, 0.2) is 24.3 Å². The largest absolute Gasteiger partial charge is 0.497 e. The van der Waals surface area contributed by atoms with Gasteiger partial charge in [0.25, 0.3) is 0 Å². The van der Waals surface area contributed by atoms with Crippen molar-refractivity contribution in [3.05, 3.63) is 29.8 Å². The van der Waals surface area contributed by atoms with Crippen molar-refractivity contribution in [1.82, 2.24) is 5.32 Å². The molecule has 1 fully saturated rings. The summed E-state index contributed by atoms with van der Waals surface area (Å²) in [6.07, 6.45) is 7.74. The lowest BCUT2D eigenvalue weighted by Crippen LogP contribution is -2.37. The van der Waals surface area contributed by atoms with Gasteiger partial charge in [0.1, 0.15) is 11.5 Å². The summed E-state index contributed by atoms with van der Waals surface area (Å²) in [6, 6.07) is 8.03. The standard InChI is InChI=1S/C18H27NO3S/c1-22-17-10-8-15(9-11-17)12-13-23(21)14-18(20)19-16-6-4-2-3-5-7-16/h8-11,16H,2-7,12-14H2,1H3,(H,19,20)/t23-/m0/s1. The van der Waals surface area contributed by atoms with Gasteiger partial charge in [-0.25, -0.2) is 0 Å². The number of amides is 1. The molecule has 1 aromatic rings. The molecule has 0 radical (unpaired) electrons. The first-order valence-electron chi connectivity index (χ1n) is 8.44. The molecule has 5 heteroatoms. The molecule has 0 heterocycles. The van der Waals surface area contributed by atoms with Gasteiger partial charge in [0.2, 0.25) is 5.91 Å². The highest BCUT2D eigenvalue weighted by Crippen LogP contribution is 2.17. The van der Waals surface area contributed by atoms with Crippen molar-refractivity contribution in [3.8, 4) is 5.75 Å². The molecule has 1 amide bonds. The van der Waals surface area contributed by atoms with Crippen molar-refractivity contribution in [2.24, 2.45) is 0 Å². The van der Waals surface area contributed by atoms with Crippen LogP contribution >= 0.6 is 0 Å². The van der Waals surface area contributed by atoms with E-state index in [9.17, 15) is 9.00 Å². The Morgan fingerprint density at radius 3 is 2.43 bits per heavy atom. The molecule has 1 saturated carbocycles. The zero-order valence-corrected chi connectivity index (χ0v) is 14.7. The normalized spacial score (nSPS) is 17.3. The predicted octanol–water partition coefficient (Wildman–Crippen LogP) is 2.83. The van der Waals surface area contributed by atoms with E-state index in [1.807, 2.05) is 24.3 Å². The third kappa shape index (κ3) is 6.73. The number of carbonyl (C=O) groups excluding carboxylic acids is 1. The summed E-state index contributed by atoms with van der Waals surface area (Å²) >= 11 is 0. The Labute approximate surface area is 141 Å². The average Bonchev–Trinajstić information content (AvgIpc) is 2.82. The van der Waals surface area contributed by atoms with Crippen LogP contribution in [0.25, 0.3) is 0 Å². The second-order valence-corrected chi connectivity index (χ2v) is 7.72. The van der Waals surface area contributed by atoms with Crippen LogP contribution in [0.1, 0.15) is 44.1 Å². The molecule has 2 rings (SSSR count). The van der Waals surface area contributed by atoms with Crippen molar-refractivity contribution in [2.75, 3.05) is 18.6 Å². The van der Waals surface area contributed by atoms with Gasteiger partial charge in [0, 0.05) is 22.6 Å². The summed E-state index contributed by atoms with van der Waals surface area (Å²) < 4.78 is 17.2. The van der Waals surface area contributed by atoms with Gasteiger partial charge in [-0.05, 0) is 37.0 Å². The van der Waals surface area contributed by atoms with Crippen LogP contribution in [-0.2, 0) is 22.0 Å². The second kappa shape index (κ2) is 9.71. The van der Waals surface area contributed by atoms with Crippen molar-refractivity contribution in [2.45, 2.75) is 51.0 Å². The molecule has 0 aromatic heterocycles. The molecule has 4 nitrogen and oxygen atoms in total. The molecule has 0 aliphatic heterocycles. The maximum Gasteiger partial charge on any atom is 0.232 e. The highest BCUT2D eigenvalue weighted by atomic mass is 32.2. The van der Waals surface area contributed by atoms with Gasteiger partial charge in [-0.2, -0.15) is 0 Å². The Morgan fingerprint density at radius 1 is 1.17 bits per heavy atom. The molecule has 0 bridgehead atoms. The third-order valence-electron chi connectivity index (χ3n) is 4.29. The summed E-state index contributed by atoms with van der Waals surface area (Å²) in [6.45, 7) is 0. The minimum atomic E-state index is -1.11. The molecule has 1 N–H and O–H groups in total. The SMILES string of the molecule is COc1ccc(CC[S@](=O)CC(=O)NC2CCCCCC2)cc1.